The molecule has 3 aromatic rings. The number of halogens is 1. The van der Waals surface area contributed by atoms with Crippen molar-refractivity contribution in [3.05, 3.63) is 75.7 Å². The fourth-order valence-corrected chi connectivity index (χ4v) is 4.25. The van der Waals surface area contributed by atoms with Crippen LogP contribution in [0, 0.1) is 0 Å². The molecule has 1 aliphatic heterocycles. The lowest BCUT2D eigenvalue weighted by Gasteiger charge is -2.17. The third-order valence-corrected chi connectivity index (χ3v) is 6.13. The number of aliphatic carboxylic acids is 1. The molecule has 0 saturated heterocycles. The lowest BCUT2D eigenvalue weighted by atomic mass is 9.99. The number of carbonyl (C=O) groups excluding carboxylic acids is 1. The molecule has 10 heteroatoms. The van der Waals surface area contributed by atoms with Gasteiger partial charge in [0.15, 0.2) is 0 Å². The number of hydrogen-bond donors (Lipinski definition) is 4. The van der Waals surface area contributed by atoms with Crippen molar-refractivity contribution in [3.8, 4) is 0 Å². The molecule has 0 saturated carbocycles. The number of amides is 1. The molecule has 1 aromatic carbocycles. The van der Waals surface area contributed by atoms with Gasteiger partial charge in [-0.15, -0.1) is 0 Å². The number of pyridine rings is 1. The van der Waals surface area contributed by atoms with E-state index in [1.165, 1.54) is 11.8 Å². The van der Waals surface area contributed by atoms with Crippen LogP contribution in [0.2, 0.25) is 5.02 Å². The van der Waals surface area contributed by atoms with E-state index in [9.17, 15) is 19.8 Å². The number of fused-ring (bicyclic) bond motifs is 1. The van der Waals surface area contributed by atoms with Crippen molar-refractivity contribution in [2.75, 3.05) is 18.4 Å². The first-order valence-electron chi connectivity index (χ1n) is 11.1. The number of hydrogen-bond acceptors (Lipinski definition) is 6. The zero-order chi connectivity index (χ0) is 24.1. The van der Waals surface area contributed by atoms with Crippen LogP contribution < -0.4 is 10.6 Å². The minimum absolute atomic E-state index is 0.128. The number of carboxylic acid groups (broad SMARTS) is 1. The molecule has 3 heterocycles. The molecule has 178 valence electrons. The van der Waals surface area contributed by atoms with Crippen molar-refractivity contribution in [2.24, 2.45) is 0 Å². The van der Waals surface area contributed by atoms with E-state index in [2.05, 4.69) is 26.8 Å². The topological polar surface area (TPSA) is 129 Å². The average molecular weight is 484 g/mol. The normalized spacial score (nSPS) is 13.6. The van der Waals surface area contributed by atoms with Crippen LogP contribution in [0.3, 0.4) is 0 Å². The fourth-order valence-electron chi connectivity index (χ4n) is 4.05. The molecule has 34 heavy (non-hydrogen) atoms. The first kappa shape index (κ1) is 23.7. The Morgan fingerprint density at radius 3 is 2.88 bits per heavy atom. The van der Waals surface area contributed by atoms with E-state index in [0.717, 1.165) is 30.9 Å². The first-order valence-corrected chi connectivity index (χ1v) is 11.5. The highest BCUT2D eigenvalue weighted by atomic mass is 35.5. The summed E-state index contributed by atoms with van der Waals surface area (Å²) in [5.74, 6) is -1.62. The Hall–Kier alpha value is -3.43. The Bertz CT molecular complexity index is 1200. The third-order valence-electron chi connectivity index (χ3n) is 5.89. The van der Waals surface area contributed by atoms with Crippen molar-refractivity contribution in [1.29, 1.82) is 0 Å². The number of rotatable bonds is 9. The van der Waals surface area contributed by atoms with Crippen molar-refractivity contribution in [2.45, 2.75) is 38.3 Å². The summed E-state index contributed by atoms with van der Waals surface area (Å²) in [7, 11) is 0. The van der Waals surface area contributed by atoms with E-state index in [1.54, 1.807) is 28.9 Å². The van der Waals surface area contributed by atoms with Gasteiger partial charge in [-0.05, 0) is 42.2 Å². The number of aliphatic hydroxyl groups is 1. The summed E-state index contributed by atoms with van der Waals surface area (Å²) in [6.45, 7) is 0.847. The van der Waals surface area contributed by atoms with E-state index < -0.39 is 17.8 Å². The van der Waals surface area contributed by atoms with Crippen molar-refractivity contribution in [3.63, 3.8) is 0 Å². The maximum absolute atomic E-state index is 12.8. The van der Waals surface area contributed by atoms with Crippen molar-refractivity contribution < 1.29 is 19.8 Å². The SMILES string of the molecule is O=C(NCC(C(=O)O)c1cccc(Cl)c1)c1cnn(CCc2ccc3c(n2)NCCC3)c1CO. The predicted molar refractivity (Wildman–Crippen MR) is 127 cm³/mol. The van der Waals surface area contributed by atoms with E-state index >= 15 is 0 Å². The maximum atomic E-state index is 12.8. The first-order chi connectivity index (χ1) is 16.5. The Morgan fingerprint density at radius 2 is 2.12 bits per heavy atom. The van der Waals surface area contributed by atoms with Crippen LogP contribution in [-0.2, 0) is 30.8 Å². The highest BCUT2D eigenvalue weighted by Crippen LogP contribution is 2.21. The van der Waals surface area contributed by atoms with E-state index in [4.69, 9.17) is 11.6 Å². The Morgan fingerprint density at radius 1 is 1.26 bits per heavy atom. The molecular formula is C24H26ClN5O4. The molecule has 0 spiro atoms. The van der Waals surface area contributed by atoms with Gasteiger partial charge in [0.05, 0.1) is 30.0 Å². The molecule has 9 nitrogen and oxygen atoms in total. The summed E-state index contributed by atoms with van der Waals surface area (Å²) in [6.07, 6.45) is 4.08. The molecule has 0 bridgehead atoms. The summed E-state index contributed by atoms with van der Waals surface area (Å²) >= 11 is 5.98. The molecule has 1 aliphatic rings. The summed E-state index contributed by atoms with van der Waals surface area (Å²) in [6, 6.07) is 10.6. The van der Waals surface area contributed by atoms with Gasteiger partial charge in [0.1, 0.15) is 5.82 Å². The minimum Gasteiger partial charge on any atom is -0.481 e. The summed E-state index contributed by atoms with van der Waals surface area (Å²) in [4.78, 5) is 29.2. The number of nitrogens with zero attached hydrogens (tertiary/aromatic N) is 3. The number of anilines is 1. The van der Waals surface area contributed by atoms with Gasteiger partial charge in [-0.2, -0.15) is 5.10 Å². The molecule has 2 aromatic heterocycles. The number of aliphatic hydroxyl groups excluding tert-OH is 1. The van der Waals surface area contributed by atoms with Crippen molar-refractivity contribution >= 4 is 29.3 Å². The predicted octanol–water partition coefficient (Wildman–Crippen LogP) is 2.62. The molecule has 1 unspecified atom stereocenters. The molecule has 0 aliphatic carbocycles. The van der Waals surface area contributed by atoms with Crippen LogP contribution in [0.4, 0.5) is 5.82 Å². The molecule has 0 radical (unpaired) electrons. The number of aromatic nitrogens is 3. The number of aryl methyl sites for hydroxylation is 3. The number of nitrogens with one attached hydrogen (secondary N) is 2. The lowest BCUT2D eigenvalue weighted by molar-refractivity contribution is -0.138. The molecule has 1 atom stereocenters. The van der Waals surface area contributed by atoms with Gasteiger partial charge in [-0.3, -0.25) is 14.3 Å². The monoisotopic (exact) mass is 483 g/mol. The zero-order valence-electron chi connectivity index (χ0n) is 18.5. The lowest BCUT2D eigenvalue weighted by Crippen LogP contribution is -2.32. The maximum Gasteiger partial charge on any atom is 0.312 e. The second kappa shape index (κ2) is 10.7. The molecule has 1 amide bonds. The van der Waals surface area contributed by atoms with Crippen LogP contribution in [0.1, 0.15) is 45.2 Å². The summed E-state index contributed by atoms with van der Waals surface area (Å²) < 4.78 is 1.58. The zero-order valence-corrected chi connectivity index (χ0v) is 19.3. The Labute approximate surface area is 201 Å². The van der Waals surface area contributed by atoms with Crippen LogP contribution in [0.15, 0.2) is 42.6 Å². The third kappa shape index (κ3) is 5.37. The quantitative estimate of drug-likeness (QED) is 0.368. The van der Waals surface area contributed by atoms with Crippen molar-refractivity contribution in [1.82, 2.24) is 20.1 Å². The highest BCUT2D eigenvalue weighted by Gasteiger charge is 2.23. The Kier molecular flexibility index (Phi) is 7.44. The number of benzene rings is 1. The smallest absolute Gasteiger partial charge is 0.312 e. The van der Waals surface area contributed by atoms with Gasteiger partial charge in [0, 0.05) is 36.8 Å². The molecular weight excluding hydrogens is 458 g/mol. The van der Waals surface area contributed by atoms with E-state index in [1.807, 2.05) is 6.07 Å². The van der Waals surface area contributed by atoms with Crippen LogP contribution >= 0.6 is 11.6 Å². The minimum atomic E-state index is -1.08. The van der Waals surface area contributed by atoms with Gasteiger partial charge in [0.2, 0.25) is 0 Å². The Balaban J connectivity index is 1.42. The van der Waals surface area contributed by atoms with Gasteiger partial charge in [0.25, 0.3) is 5.91 Å². The second-order valence-corrected chi connectivity index (χ2v) is 8.57. The average Bonchev–Trinajstić information content (AvgIpc) is 3.25. The largest absolute Gasteiger partial charge is 0.481 e. The van der Waals surface area contributed by atoms with Gasteiger partial charge in [-0.1, -0.05) is 29.8 Å². The van der Waals surface area contributed by atoms with Gasteiger partial charge < -0.3 is 20.8 Å². The standard InChI is InChI=1S/C24H26ClN5O4/c25-17-5-1-3-16(11-17)19(24(33)34)12-27-23(32)20-13-28-30(21(20)14-31)10-8-18-7-6-15-4-2-9-26-22(15)29-18/h1,3,5-7,11,13,19,31H,2,4,8-10,12,14H2,(H,26,29)(H,27,32)(H,33,34). The second-order valence-electron chi connectivity index (χ2n) is 8.13. The van der Waals surface area contributed by atoms with Gasteiger partial charge >= 0.3 is 5.97 Å². The number of carboxylic acids is 1. The molecule has 4 N–H and O–H groups in total. The van der Waals surface area contributed by atoms with E-state index in [0.29, 0.717) is 29.2 Å². The van der Waals surface area contributed by atoms with Crippen LogP contribution in [0.5, 0.6) is 0 Å². The summed E-state index contributed by atoms with van der Waals surface area (Å²) in [5, 5.41) is 30.1. The van der Waals surface area contributed by atoms with Crippen LogP contribution in [-0.4, -0.2) is 49.9 Å². The highest BCUT2D eigenvalue weighted by molar-refractivity contribution is 6.30. The molecule has 4 rings (SSSR count). The fraction of sp³-hybridized carbons (Fsp3) is 0.333. The summed E-state index contributed by atoms with van der Waals surface area (Å²) in [5.41, 5.74) is 3.16. The van der Waals surface area contributed by atoms with E-state index in [-0.39, 0.29) is 18.7 Å². The van der Waals surface area contributed by atoms with Crippen LogP contribution in [0.25, 0.3) is 0 Å². The number of carbonyl (C=O) groups is 2. The molecule has 0 fully saturated rings. The van der Waals surface area contributed by atoms with Gasteiger partial charge in [-0.25, -0.2) is 4.98 Å².